The Morgan fingerprint density at radius 3 is 2.86 bits per heavy atom. The van der Waals surface area contributed by atoms with Crippen LogP contribution in [0.2, 0.25) is 0 Å². The zero-order valence-corrected chi connectivity index (χ0v) is 17.2. The summed E-state index contributed by atoms with van der Waals surface area (Å²) in [7, 11) is 1.81. The zero-order valence-electron chi connectivity index (χ0n) is 17.2. The second kappa shape index (κ2) is 9.26. The van der Waals surface area contributed by atoms with Crippen molar-refractivity contribution in [3.8, 4) is 0 Å². The molecule has 4 N–H and O–H groups in total. The maximum atomic E-state index is 11.6. The van der Waals surface area contributed by atoms with E-state index < -0.39 is 0 Å². The number of hydrogen-bond acceptors (Lipinski definition) is 4. The first kappa shape index (κ1) is 20.4. The van der Waals surface area contributed by atoms with Crippen molar-refractivity contribution >= 4 is 17.7 Å². The average molecular weight is 387 g/mol. The second-order valence-electron chi connectivity index (χ2n) is 8.16. The Kier molecular flexibility index (Phi) is 6.75. The van der Waals surface area contributed by atoms with Gasteiger partial charge in [-0.15, -0.1) is 0 Å². The minimum Gasteiger partial charge on any atom is -0.369 e. The summed E-state index contributed by atoms with van der Waals surface area (Å²) >= 11 is 0. The van der Waals surface area contributed by atoms with E-state index in [1.54, 1.807) is 13.2 Å². The lowest BCUT2D eigenvalue weighted by atomic mass is 9.67. The fourth-order valence-electron chi connectivity index (χ4n) is 4.26. The minimum absolute atomic E-state index is 0.0984. The molecule has 1 aliphatic heterocycles. The molecule has 7 heteroatoms. The van der Waals surface area contributed by atoms with E-state index in [9.17, 15) is 4.79 Å². The van der Waals surface area contributed by atoms with Crippen LogP contribution in [0, 0.1) is 11.3 Å². The minimum atomic E-state index is -0.217. The Labute approximate surface area is 168 Å². The number of piperidine rings is 1. The van der Waals surface area contributed by atoms with Crippen molar-refractivity contribution < 1.29 is 4.79 Å². The summed E-state index contributed by atoms with van der Waals surface area (Å²) in [6, 6.07) is 4.03. The van der Waals surface area contributed by atoms with Gasteiger partial charge in [0.1, 0.15) is 5.82 Å². The highest BCUT2D eigenvalue weighted by Crippen LogP contribution is 2.43. The molecule has 1 unspecified atom stereocenters. The Bertz CT molecular complexity index is 694. The van der Waals surface area contributed by atoms with Crippen LogP contribution >= 0.6 is 0 Å². The zero-order chi connectivity index (χ0) is 20.0. The predicted octanol–water partition coefficient (Wildman–Crippen LogP) is 2.03. The lowest BCUT2D eigenvalue weighted by Gasteiger charge is -2.41. The number of nitrogens with zero attached hydrogens (tertiary/aromatic N) is 3. The summed E-state index contributed by atoms with van der Waals surface area (Å²) in [4.78, 5) is 22.8. The molecule has 1 aromatic rings. The van der Waals surface area contributed by atoms with Gasteiger partial charge in [-0.2, -0.15) is 0 Å². The third-order valence-electron chi connectivity index (χ3n) is 6.46. The molecule has 1 aromatic heterocycles. The second-order valence-corrected chi connectivity index (χ2v) is 8.16. The number of carbonyl (C=O) groups excluding carboxylic acids is 1. The van der Waals surface area contributed by atoms with Crippen LogP contribution in [0.1, 0.15) is 51.0 Å². The molecule has 3 rings (SSSR count). The van der Waals surface area contributed by atoms with Crippen LogP contribution in [0.5, 0.6) is 0 Å². The first-order chi connectivity index (χ1) is 13.6. The predicted molar refractivity (Wildman–Crippen MR) is 113 cm³/mol. The van der Waals surface area contributed by atoms with Gasteiger partial charge in [-0.3, -0.25) is 9.79 Å². The molecule has 2 heterocycles. The third-order valence-corrected chi connectivity index (χ3v) is 6.46. The van der Waals surface area contributed by atoms with Gasteiger partial charge in [0.2, 0.25) is 5.91 Å². The number of amides is 1. The molecule has 154 valence electrons. The molecular formula is C21H34N6O. The van der Waals surface area contributed by atoms with E-state index in [-0.39, 0.29) is 11.8 Å². The number of nitrogens with two attached hydrogens (primary N) is 1. The smallest absolute Gasteiger partial charge is 0.222 e. The van der Waals surface area contributed by atoms with E-state index in [1.807, 2.05) is 6.07 Å². The third kappa shape index (κ3) is 4.75. The molecule has 1 atom stereocenters. The van der Waals surface area contributed by atoms with Gasteiger partial charge in [0, 0.05) is 45.0 Å². The molecule has 1 aliphatic carbocycles. The summed E-state index contributed by atoms with van der Waals surface area (Å²) in [6.07, 6.45) is 8.78. The largest absolute Gasteiger partial charge is 0.369 e. The topological polar surface area (TPSA) is 95.6 Å². The Morgan fingerprint density at radius 1 is 1.39 bits per heavy atom. The van der Waals surface area contributed by atoms with Gasteiger partial charge < -0.3 is 21.3 Å². The van der Waals surface area contributed by atoms with Crippen LogP contribution < -0.4 is 21.3 Å². The molecule has 2 fully saturated rings. The van der Waals surface area contributed by atoms with Gasteiger partial charge in [0.25, 0.3) is 0 Å². The summed E-state index contributed by atoms with van der Waals surface area (Å²) < 4.78 is 0. The fraction of sp³-hybridized carbons (Fsp3) is 0.667. The van der Waals surface area contributed by atoms with Crippen LogP contribution in [0.4, 0.5) is 5.82 Å². The van der Waals surface area contributed by atoms with E-state index in [1.165, 1.54) is 25.7 Å². The Morgan fingerprint density at radius 2 is 2.21 bits per heavy atom. The number of nitrogens with one attached hydrogen (secondary N) is 2. The first-order valence-corrected chi connectivity index (χ1v) is 10.5. The van der Waals surface area contributed by atoms with Gasteiger partial charge in [-0.1, -0.05) is 19.4 Å². The Balaban J connectivity index is 1.60. The number of aromatic nitrogens is 1. The Hall–Kier alpha value is -2.31. The monoisotopic (exact) mass is 386 g/mol. The molecule has 0 spiro atoms. The highest BCUT2D eigenvalue weighted by Gasteiger charge is 2.35. The first-order valence-electron chi connectivity index (χ1n) is 10.5. The molecule has 2 aliphatic rings. The SMILES string of the molecule is CCC1(CNC(=NC)NCc2cccnc2N2CCCC(C(N)=O)C2)CCC1. The number of carbonyl (C=O) groups is 1. The number of anilines is 1. The molecule has 1 saturated carbocycles. The van der Waals surface area contributed by atoms with E-state index in [4.69, 9.17) is 5.73 Å². The highest BCUT2D eigenvalue weighted by molar-refractivity contribution is 5.80. The van der Waals surface area contributed by atoms with Crippen molar-refractivity contribution in [2.75, 3.05) is 31.6 Å². The van der Waals surface area contributed by atoms with Gasteiger partial charge in [-0.25, -0.2) is 4.98 Å². The highest BCUT2D eigenvalue weighted by atomic mass is 16.1. The van der Waals surface area contributed by atoms with E-state index in [0.29, 0.717) is 18.5 Å². The molecule has 1 amide bonds. The van der Waals surface area contributed by atoms with Crippen molar-refractivity contribution in [3.05, 3.63) is 23.9 Å². The molecule has 0 aromatic carbocycles. The van der Waals surface area contributed by atoms with Crippen molar-refractivity contribution in [1.29, 1.82) is 0 Å². The average Bonchev–Trinajstić information content (AvgIpc) is 2.70. The number of rotatable bonds is 7. The number of hydrogen-bond donors (Lipinski definition) is 3. The van der Waals surface area contributed by atoms with Crippen LogP contribution in [-0.2, 0) is 11.3 Å². The number of aliphatic imine (C=N–C) groups is 1. The van der Waals surface area contributed by atoms with Crippen molar-refractivity contribution in [3.63, 3.8) is 0 Å². The van der Waals surface area contributed by atoms with Crippen molar-refractivity contribution in [2.45, 2.75) is 52.0 Å². The molecular weight excluding hydrogens is 352 g/mol. The van der Waals surface area contributed by atoms with Crippen molar-refractivity contribution in [2.24, 2.45) is 22.1 Å². The van der Waals surface area contributed by atoms with E-state index in [0.717, 1.165) is 43.3 Å². The quantitative estimate of drug-likeness (QED) is 0.492. The van der Waals surface area contributed by atoms with Crippen LogP contribution in [0.15, 0.2) is 23.3 Å². The summed E-state index contributed by atoms with van der Waals surface area (Å²) in [5.74, 6) is 1.44. The fourth-order valence-corrected chi connectivity index (χ4v) is 4.26. The summed E-state index contributed by atoms with van der Waals surface area (Å²) in [5.41, 5.74) is 7.08. The standard InChI is InChI=1S/C21H34N6O/c1-3-21(9-6-10-21)15-26-20(23-2)25-13-16-7-4-11-24-19(16)27-12-5-8-17(14-27)18(22)28/h4,7,11,17H,3,5-6,8-10,12-15H2,1-2H3,(H2,22,28)(H2,23,25,26). The molecule has 7 nitrogen and oxygen atoms in total. The van der Waals surface area contributed by atoms with Gasteiger partial charge >= 0.3 is 0 Å². The number of primary amides is 1. The number of guanidine groups is 1. The lowest BCUT2D eigenvalue weighted by Crippen LogP contribution is -2.46. The van der Waals surface area contributed by atoms with Gasteiger partial charge in [0.05, 0.1) is 5.92 Å². The van der Waals surface area contributed by atoms with Crippen LogP contribution in [0.25, 0.3) is 0 Å². The summed E-state index contributed by atoms with van der Waals surface area (Å²) in [6.45, 7) is 5.43. The number of pyridine rings is 1. The lowest BCUT2D eigenvalue weighted by molar-refractivity contribution is -0.122. The van der Waals surface area contributed by atoms with Crippen molar-refractivity contribution in [1.82, 2.24) is 15.6 Å². The molecule has 28 heavy (non-hydrogen) atoms. The summed E-state index contributed by atoms with van der Waals surface area (Å²) in [5, 5.41) is 6.92. The molecule has 0 radical (unpaired) electrons. The maximum Gasteiger partial charge on any atom is 0.222 e. The van der Waals surface area contributed by atoms with E-state index in [2.05, 4.69) is 38.5 Å². The van der Waals surface area contributed by atoms with Gasteiger partial charge in [-0.05, 0) is 43.6 Å². The van der Waals surface area contributed by atoms with Crippen LogP contribution in [0.3, 0.4) is 0 Å². The molecule has 1 saturated heterocycles. The van der Waals surface area contributed by atoms with Gasteiger partial charge in [0.15, 0.2) is 5.96 Å². The molecule has 0 bridgehead atoms. The van der Waals surface area contributed by atoms with E-state index >= 15 is 0 Å². The normalized spacial score (nSPS) is 21.7. The van der Waals surface area contributed by atoms with Crippen LogP contribution in [-0.4, -0.2) is 43.5 Å². The maximum absolute atomic E-state index is 11.6.